The Labute approximate surface area is 165 Å². The maximum atomic E-state index is 12.4. The van der Waals surface area contributed by atoms with Crippen molar-refractivity contribution in [2.45, 2.75) is 44.1 Å². The minimum atomic E-state index is -0.574. The number of carbonyl (C=O) groups excluding carboxylic acids is 1. The molecule has 0 aliphatic heterocycles. The van der Waals surface area contributed by atoms with Crippen LogP contribution in [-0.2, 0) is 16.7 Å². The number of hydrogen-bond acceptors (Lipinski definition) is 5. The molecule has 0 bridgehead atoms. The Morgan fingerprint density at radius 1 is 1.59 bits per heavy atom. The lowest BCUT2D eigenvalue weighted by molar-refractivity contribution is 0.136. The molecular formula is C20H28N4O2S. The first-order valence-electron chi connectivity index (χ1n) is 9.05. The molecule has 0 radical (unpaired) electrons. The third-order valence-electron chi connectivity index (χ3n) is 4.49. The van der Waals surface area contributed by atoms with Crippen molar-refractivity contribution in [2.24, 2.45) is 4.99 Å². The van der Waals surface area contributed by atoms with Gasteiger partial charge in [-0.25, -0.2) is 9.79 Å². The number of alkyl carbamates (subject to hydrolysis) is 1. The van der Waals surface area contributed by atoms with Crippen LogP contribution in [-0.4, -0.2) is 38.0 Å². The van der Waals surface area contributed by atoms with Gasteiger partial charge in [-0.15, -0.1) is 23.7 Å². The van der Waals surface area contributed by atoms with Crippen LogP contribution in [0.5, 0.6) is 0 Å². The highest BCUT2D eigenvalue weighted by atomic mass is 32.1. The first-order valence-corrected chi connectivity index (χ1v) is 9.86. The van der Waals surface area contributed by atoms with Crippen LogP contribution in [0.3, 0.4) is 0 Å². The van der Waals surface area contributed by atoms with Crippen molar-refractivity contribution in [1.82, 2.24) is 10.2 Å². The maximum Gasteiger partial charge on any atom is 0.408 e. The normalized spacial score (nSPS) is 18.6. The van der Waals surface area contributed by atoms with Gasteiger partial charge in [0.15, 0.2) is 0 Å². The number of aliphatic imine (C=N–C) groups is 1. The van der Waals surface area contributed by atoms with E-state index in [0.29, 0.717) is 18.5 Å². The summed E-state index contributed by atoms with van der Waals surface area (Å²) in [7, 11) is 3.82. The molecule has 1 atom stereocenters. The lowest BCUT2D eigenvalue weighted by Crippen LogP contribution is -2.48. The second kappa shape index (κ2) is 9.47. The van der Waals surface area contributed by atoms with Crippen molar-refractivity contribution in [1.29, 1.82) is 0 Å². The van der Waals surface area contributed by atoms with Crippen LogP contribution >= 0.6 is 11.3 Å². The molecule has 7 heteroatoms. The van der Waals surface area contributed by atoms with E-state index < -0.39 is 11.6 Å². The predicted octanol–water partition coefficient (Wildman–Crippen LogP) is 3.80. The quantitative estimate of drug-likeness (QED) is 0.233. The number of nitrogen functional groups attached to an aromatic ring is 1. The first kappa shape index (κ1) is 20.8. The van der Waals surface area contributed by atoms with E-state index in [1.165, 1.54) is 4.88 Å². The Kier molecular flexibility index (Phi) is 7.31. The van der Waals surface area contributed by atoms with Crippen LogP contribution in [0.4, 0.5) is 15.5 Å². The standard InChI is InChI=1S/C20H28N4O2S/c1-5-7-8-11-20(23-19(25)26-13-6-2)12-9-10-15-16(20)17(21)18(27-15)22-14-24(3)4/h1,6,14H,2,7-13,21H2,3-4H3,(H,23,25)/b22-14+. The van der Waals surface area contributed by atoms with Crippen LogP contribution in [0.25, 0.3) is 0 Å². The second-order valence-corrected chi connectivity index (χ2v) is 7.92. The number of rotatable bonds is 8. The van der Waals surface area contributed by atoms with Crippen molar-refractivity contribution >= 4 is 34.5 Å². The van der Waals surface area contributed by atoms with Gasteiger partial charge in [0.25, 0.3) is 0 Å². The van der Waals surface area contributed by atoms with E-state index in [2.05, 4.69) is 22.8 Å². The van der Waals surface area contributed by atoms with E-state index >= 15 is 0 Å². The van der Waals surface area contributed by atoms with Crippen molar-refractivity contribution in [2.75, 3.05) is 26.4 Å². The number of nitrogens with zero attached hydrogens (tertiary/aromatic N) is 2. The van der Waals surface area contributed by atoms with E-state index in [-0.39, 0.29) is 6.61 Å². The number of unbranched alkanes of at least 4 members (excludes halogenated alkanes) is 1. The number of fused-ring (bicyclic) bond motifs is 1. The lowest BCUT2D eigenvalue weighted by Gasteiger charge is -2.38. The zero-order valence-electron chi connectivity index (χ0n) is 16.1. The third-order valence-corrected chi connectivity index (χ3v) is 5.66. The molecule has 1 aliphatic rings. The molecule has 1 aromatic heterocycles. The smallest absolute Gasteiger partial charge is 0.408 e. The van der Waals surface area contributed by atoms with Crippen LogP contribution < -0.4 is 11.1 Å². The maximum absolute atomic E-state index is 12.4. The Balaban J connectivity index is 2.41. The lowest BCUT2D eigenvalue weighted by atomic mass is 9.76. The number of aryl methyl sites for hydroxylation is 1. The highest BCUT2D eigenvalue weighted by Gasteiger charge is 2.41. The number of anilines is 1. The molecule has 1 aliphatic carbocycles. The minimum Gasteiger partial charge on any atom is -0.445 e. The molecule has 0 saturated carbocycles. The highest BCUT2D eigenvalue weighted by Crippen LogP contribution is 2.50. The van der Waals surface area contributed by atoms with Gasteiger partial charge in [-0.2, -0.15) is 0 Å². The first-order chi connectivity index (χ1) is 12.9. The Morgan fingerprint density at radius 3 is 3.04 bits per heavy atom. The fourth-order valence-corrected chi connectivity index (χ4v) is 4.61. The molecule has 0 fully saturated rings. The van der Waals surface area contributed by atoms with Crippen molar-refractivity contribution in [3.05, 3.63) is 23.1 Å². The summed E-state index contributed by atoms with van der Waals surface area (Å²) in [6.45, 7) is 3.74. The average molecular weight is 389 g/mol. The summed E-state index contributed by atoms with van der Waals surface area (Å²) in [5.41, 5.74) is 7.54. The molecule has 1 heterocycles. The van der Waals surface area contributed by atoms with Gasteiger partial charge in [0.05, 0.1) is 17.6 Å². The summed E-state index contributed by atoms with van der Waals surface area (Å²) in [5, 5.41) is 3.86. The van der Waals surface area contributed by atoms with Crippen LogP contribution in [0.15, 0.2) is 17.6 Å². The molecule has 0 saturated heterocycles. The monoisotopic (exact) mass is 388 g/mol. The van der Waals surface area contributed by atoms with Crippen LogP contribution in [0, 0.1) is 12.3 Å². The summed E-state index contributed by atoms with van der Waals surface area (Å²) in [4.78, 5) is 19.9. The third kappa shape index (κ3) is 5.04. The zero-order valence-corrected chi connectivity index (χ0v) is 16.9. The van der Waals surface area contributed by atoms with Gasteiger partial charge in [0, 0.05) is 31.0 Å². The van der Waals surface area contributed by atoms with Crippen molar-refractivity contribution in [3.8, 4) is 12.3 Å². The minimum absolute atomic E-state index is 0.163. The molecule has 1 unspecified atom stereocenters. The molecule has 6 nitrogen and oxygen atoms in total. The summed E-state index contributed by atoms with van der Waals surface area (Å²) in [5.74, 6) is 2.67. The van der Waals surface area contributed by atoms with Gasteiger partial charge in [-0.05, 0) is 32.1 Å². The SMILES string of the molecule is C#CCCCC1(NC(=O)OCC=C)CCCc2sc(/N=C/N(C)C)c(N)c21. The Morgan fingerprint density at radius 2 is 2.37 bits per heavy atom. The second-order valence-electron chi connectivity index (χ2n) is 6.83. The average Bonchev–Trinajstić information content (AvgIpc) is 2.96. The Hall–Kier alpha value is -2.46. The molecule has 27 heavy (non-hydrogen) atoms. The van der Waals surface area contributed by atoms with Gasteiger partial charge in [-0.1, -0.05) is 12.7 Å². The van der Waals surface area contributed by atoms with Crippen molar-refractivity contribution < 1.29 is 9.53 Å². The molecule has 0 spiro atoms. The van der Waals surface area contributed by atoms with E-state index in [1.54, 1.807) is 23.8 Å². The number of carbonyl (C=O) groups is 1. The highest BCUT2D eigenvalue weighted by molar-refractivity contribution is 7.16. The van der Waals surface area contributed by atoms with E-state index in [0.717, 1.165) is 36.2 Å². The fourth-order valence-electron chi connectivity index (χ4n) is 3.42. The zero-order chi connectivity index (χ0) is 19.9. The topological polar surface area (TPSA) is 80.0 Å². The summed E-state index contributed by atoms with van der Waals surface area (Å²) in [6.07, 6.45) is 13.1. The van der Waals surface area contributed by atoms with Gasteiger partial charge < -0.3 is 20.7 Å². The van der Waals surface area contributed by atoms with E-state index in [4.69, 9.17) is 16.9 Å². The molecule has 3 N–H and O–H groups in total. The Bertz CT molecular complexity index is 748. The molecular weight excluding hydrogens is 360 g/mol. The molecule has 1 aromatic rings. The fraction of sp³-hybridized carbons (Fsp3) is 0.500. The van der Waals surface area contributed by atoms with Crippen molar-refractivity contribution in [3.63, 3.8) is 0 Å². The summed E-state index contributed by atoms with van der Waals surface area (Å²) in [6, 6.07) is 0. The van der Waals surface area contributed by atoms with Gasteiger partial charge >= 0.3 is 6.09 Å². The summed E-state index contributed by atoms with van der Waals surface area (Å²) >= 11 is 1.59. The number of hydrogen-bond donors (Lipinski definition) is 2. The van der Waals surface area contributed by atoms with Gasteiger partial charge in [0.2, 0.25) is 0 Å². The van der Waals surface area contributed by atoms with Gasteiger partial charge in [0.1, 0.15) is 11.6 Å². The molecule has 1 amide bonds. The number of amides is 1. The molecule has 146 valence electrons. The molecule has 2 rings (SSSR count). The van der Waals surface area contributed by atoms with Crippen LogP contribution in [0.2, 0.25) is 0 Å². The van der Waals surface area contributed by atoms with Gasteiger partial charge in [-0.3, -0.25) is 0 Å². The number of nitrogens with one attached hydrogen (secondary N) is 1. The van der Waals surface area contributed by atoms with Crippen LogP contribution in [0.1, 0.15) is 42.5 Å². The van der Waals surface area contributed by atoms with E-state index in [1.807, 2.05) is 19.0 Å². The van der Waals surface area contributed by atoms with E-state index in [9.17, 15) is 4.79 Å². The number of nitrogens with two attached hydrogens (primary N) is 1. The molecule has 0 aromatic carbocycles. The summed E-state index contributed by atoms with van der Waals surface area (Å²) < 4.78 is 5.18. The number of terminal acetylenes is 1. The number of thiophene rings is 1. The number of ether oxygens (including phenoxy) is 1. The largest absolute Gasteiger partial charge is 0.445 e. The predicted molar refractivity (Wildman–Crippen MR) is 113 cm³/mol.